The minimum Gasteiger partial charge on any atom is -0.382 e. The molecule has 1 unspecified atom stereocenters. The van der Waals surface area contributed by atoms with Crippen LogP contribution in [0.3, 0.4) is 0 Å². The quantitative estimate of drug-likeness (QED) is 0.590. The Labute approximate surface area is 101 Å². The number of rotatable bonds is 4. The van der Waals surface area contributed by atoms with E-state index in [0.29, 0.717) is 11.8 Å². The fourth-order valence-electron chi connectivity index (χ4n) is 2.11. The standard InChI is InChI=1S/C12H18N4O/c1-17-10-3-5-16(8-10)7-9-2-4-15-11(6-9)12(13)14/h2,4,6,10H,3,5,7-8H2,1H3,(H3,13,14). The lowest BCUT2D eigenvalue weighted by atomic mass is 10.2. The van der Waals surface area contributed by atoms with Crippen molar-refractivity contribution in [3.63, 3.8) is 0 Å². The van der Waals surface area contributed by atoms with Crippen LogP contribution in [0.4, 0.5) is 0 Å². The molecule has 5 heteroatoms. The zero-order valence-corrected chi connectivity index (χ0v) is 10.0. The van der Waals surface area contributed by atoms with Crippen molar-refractivity contribution >= 4 is 5.84 Å². The minimum atomic E-state index is 0.0167. The van der Waals surface area contributed by atoms with E-state index in [2.05, 4.69) is 9.88 Å². The van der Waals surface area contributed by atoms with Crippen LogP contribution in [0.15, 0.2) is 18.3 Å². The van der Waals surface area contributed by atoms with Crippen molar-refractivity contribution in [3.8, 4) is 0 Å². The number of likely N-dealkylation sites (tertiary alicyclic amines) is 1. The highest BCUT2D eigenvalue weighted by molar-refractivity contribution is 5.93. The molecule has 1 aromatic heterocycles. The molecule has 0 radical (unpaired) electrons. The normalized spacial score (nSPS) is 20.6. The van der Waals surface area contributed by atoms with E-state index < -0.39 is 0 Å². The molecule has 1 aliphatic rings. The van der Waals surface area contributed by atoms with Gasteiger partial charge in [0.2, 0.25) is 0 Å². The third-order valence-electron chi connectivity index (χ3n) is 3.07. The van der Waals surface area contributed by atoms with Crippen LogP contribution in [-0.2, 0) is 11.3 Å². The topological polar surface area (TPSA) is 75.2 Å². The summed E-state index contributed by atoms with van der Waals surface area (Å²) in [7, 11) is 1.76. The molecule has 0 bridgehead atoms. The van der Waals surface area contributed by atoms with Crippen molar-refractivity contribution in [1.29, 1.82) is 5.41 Å². The van der Waals surface area contributed by atoms with Crippen LogP contribution in [-0.4, -0.2) is 42.0 Å². The van der Waals surface area contributed by atoms with E-state index in [1.165, 1.54) is 0 Å². The summed E-state index contributed by atoms with van der Waals surface area (Å²) in [6, 6.07) is 3.84. The van der Waals surface area contributed by atoms with E-state index in [-0.39, 0.29) is 5.84 Å². The molecule has 0 amide bonds. The Morgan fingerprint density at radius 2 is 2.53 bits per heavy atom. The van der Waals surface area contributed by atoms with Gasteiger partial charge in [-0.05, 0) is 24.1 Å². The van der Waals surface area contributed by atoms with E-state index in [1.807, 2.05) is 12.1 Å². The highest BCUT2D eigenvalue weighted by Gasteiger charge is 2.21. The molecule has 0 aliphatic carbocycles. The number of pyridine rings is 1. The van der Waals surface area contributed by atoms with Gasteiger partial charge in [0.05, 0.1) is 6.10 Å². The summed E-state index contributed by atoms with van der Waals surface area (Å²) in [6.45, 7) is 2.88. The maximum absolute atomic E-state index is 7.36. The van der Waals surface area contributed by atoms with Crippen LogP contribution in [0.2, 0.25) is 0 Å². The van der Waals surface area contributed by atoms with Gasteiger partial charge in [-0.1, -0.05) is 0 Å². The van der Waals surface area contributed by atoms with E-state index in [1.54, 1.807) is 13.3 Å². The number of hydrogen-bond donors (Lipinski definition) is 2. The molecule has 0 aromatic carbocycles. The molecule has 0 spiro atoms. The van der Waals surface area contributed by atoms with E-state index >= 15 is 0 Å². The maximum Gasteiger partial charge on any atom is 0.141 e. The molecule has 2 heterocycles. The summed E-state index contributed by atoms with van der Waals surface area (Å²) in [5.41, 5.74) is 7.11. The van der Waals surface area contributed by atoms with E-state index in [0.717, 1.165) is 31.6 Å². The first-order valence-electron chi connectivity index (χ1n) is 5.73. The largest absolute Gasteiger partial charge is 0.382 e. The summed E-state index contributed by atoms with van der Waals surface area (Å²) in [5, 5.41) is 7.36. The molecule has 1 aromatic rings. The lowest BCUT2D eigenvalue weighted by Gasteiger charge is -2.15. The van der Waals surface area contributed by atoms with Crippen molar-refractivity contribution < 1.29 is 4.74 Å². The average Bonchev–Trinajstić information content (AvgIpc) is 2.77. The van der Waals surface area contributed by atoms with Gasteiger partial charge in [-0.3, -0.25) is 15.3 Å². The van der Waals surface area contributed by atoms with Gasteiger partial charge in [0, 0.05) is 32.9 Å². The second kappa shape index (κ2) is 5.25. The van der Waals surface area contributed by atoms with E-state index in [4.69, 9.17) is 15.9 Å². The van der Waals surface area contributed by atoms with Gasteiger partial charge in [0.25, 0.3) is 0 Å². The SMILES string of the molecule is COC1CCN(Cc2ccnc(C(=N)N)c2)C1. The number of methoxy groups -OCH3 is 1. The predicted octanol–water partition coefficient (Wildman–Crippen LogP) is 0.586. The van der Waals surface area contributed by atoms with Gasteiger partial charge in [0.15, 0.2) is 0 Å². The van der Waals surface area contributed by atoms with Gasteiger partial charge in [-0.15, -0.1) is 0 Å². The van der Waals surface area contributed by atoms with Crippen LogP contribution in [0.1, 0.15) is 17.7 Å². The zero-order chi connectivity index (χ0) is 12.3. The number of hydrogen-bond acceptors (Lipinski definition) is 4. The Morgan fingerprint density at radius 3 is 3.18 bits per heavy atom. The molecule has 0 saturated carbocycles. The fourth-order valence-corrected chi connectivity index (χ4v) is 2.11. The van der Waals surface area contributed by atoms with Crippen LogP contribution < -0.4 is 5.73 Å². The second-order valence-corrected chi connectivity index (χ2v) is 4.34. The first kappa shape index (κ1) is 12.0. The summed E-state index contributed by atoms with van der Waals surface area (Å²) in [6.07, 6.45) is 3.14. The zero-order valence-electron chi connectivity index (χ0n) is 10.0. The molecule has 5 nitrogen and oxygen atoms in total. The molecule has 1 fully saturated rings. The molecule has 3 N–H and O–H groups in total. The highest BCUT2D eigenvalue weighted by atomic mass is 16.5. The van der Waals surface area contributed by atoms with Crippen LogP contribution in [0.5, 0.6) is 0 Å². The van der Waals surface area contributed by atoms with Crippen LogP contribution in [0.25, 0.3) is 0 Å². The number of ether oxygens (including phenoxy) is 1. The predicted molar refractivity (Wildman–Crippen MR) is 65.9 cm³/mol. The summed E-state index contributed by atoms with van der Waals surface area (Å²) in [5.74, 6) is 0.0167. The Bertz CT molecular complexity index is 407. The fraction of sp³-hybridized carbons (Fsp3) is 0.500. The average molecular weight is 234 g/mol. The maximum atomic E-state index is 7.36. The smallest absolute Gasteiger partial charge is 0.141 e. The van der Waals surface area contributed by atoms with Crippen molar-refractivity contribution in [2.45, 2.75) is 19.1 Å². The van der Waals surface area contributed by atoms with Gasteiger partial charge in [-0.2, -0.15) is 0 Å². The number of nitrogens with one attached hydrogen (secondary N) is 1. The van der Waals surface area contributed by atoms with Crippen molar-refractivity contribution in [2.24, 2.45) is 5.73 Å². The summed E-state index contributed by atoms with van der Waals surface area (Å²) >= 11 is 0. The highest BCUT2D eigenvalue weighted by Crippen LogP contribution is 2.15. The Balaban J connectivity index is 1.99. The number of nitrogens with zero attached hydrogens (tertiary/aromatic N) is 2. The third kappa shape index (κ3) is 3.01. The molecule has 1 atom stereocenters. The Kier molecular flexibility index (Phi) is 3.71. The van der Waals surface area contributed by atoms with Crippen molar-refractivity contribution in [2.75, 3.05) is 20.2 Å². The number of amidine groups is 1. The minimum absolute atomic E-state index is 0.0167. The van der Waals surface area contributed by atoms with E-state index in [9.17, 15) is 0 Å². The first-order valence-corrected chi connectivity index (χ1v) is 5.73. The molecule has 1 saturated heterocycles. The second-order valence-electron chi connectivity index (χ2n) is 4.34. The number of nitrogen functional groups attached to an aromatic ring is 1. The molecule has 17 heavy (non-hydrogen) atoms. The Morgan fingerprint density at radius 1 is 1.71 bits per heavy atom. The number of nitrogens with two attached hydrogens (primary N) is 1. The third-order valence-corrected chi connectivity index (χ3v) is 3.07. The molecule has 1 aliphatic heterocycles. The summed E-state index contributed by atoms with van der Waals surface area (Å²) < 4.78 is 5.33. The lowest BCUT2D eigenvalue weighted by molar-refractivity contribution is 0.107. The lowest BCUT2D eigenvalue weighted by Crippen LogP contribution is -2.23. The van der Waals surface area contributed by atoms with Gasteiger partial charge < -0.3 is 10.5 Å². The Hall–Kier alpha value is -1.46. The summed E-state index contributed by atoms with van der Waals surface area (Å²) in [4.78, 5) is 6.39. The van der Waals surface area contributed by atoms with Crippen LogP contribution in [0, 0.1) is 5.41 Å². The monoisotopic (exact) mass is 234 g/mol. The number of aromatic nitrogens is 1. The first-order chi connectivity index (χ1) is 8.19. The van der Waals surface area contributed by atoms with Gasteiger partial charge >= 0.3 is 0 Å². The van der Waals surface area contributed by atoms with Crippen molar-refractivity contribution in [3.05, 3.63) is 29.6 Å². The van der Waals surface area contributed by atoms with Gasteiger partial charge in [-0.25, -0.2) is 0 Å². The molecular formula is C12H18N4O. The van der Waals surface area contributed by atoms with Crippen molar-refractivity contribution in [1.82, 2.24) is 9.88 Å². The molecule has 92 valence electrons. The molecule has 2 rings (SSSR count). The molecular weight excluding hydrogens is 216 g/mol. The van der Waals surface area contributed by atoms with Gasteiger partial charge in [0.1, 0.15) is 11.5 Å². The van der Waals surface area contributed by atoms with Crippen LogP contribution >= 0.6 is 0 Å².